The van der Waals surface area contributed by atoms with Gasteiger partial charge in [-0.25, -0.2) is 0 Å². The first-order valence-electron chi connectivity index (χ1n) is 5.35. The Kier molecular flexibility index (Phi) is 3.77. The lowest BCUT2D eigenvalue weighted by Crippen LogP contribution is -2.47. The van der Waals surface area contributed by atoms with E-state index < -0.39 is 0 Å². The number of furan rings is 1. The summed E-state index contributed by atoms with van der Waals surface area (Å²) in [5.74, 6) is 0. The van der Waals surface area contributed by atoms with Gasteiger partial charge in [0.05, 0.1) is 25.7 Å². The number of hydrogen-bond acceptors (Lipinski definition) is 4. The van der Waals surface area contributed by atoms with Gasteiger partial charge in [-0.05, 0) is 13.1 Å². The van der Waals surface area contributed by atoms with E-state index >= 15 is 0 Å². The quantitative estimate of drug-likeness (QED) is 0.794. The molecular weight excluding hydrogens is 192 g/mol. The number of ether oxygens (including phenoxy) is 1. The maximum Gasteiger partial charge on any atom is 0.0947 e. The van der Waals surface area contributed by atoms with E-state index in [1.165, 1.54) is 5.56 Å². The van der Waals surface area contributed by atoms with Crippen LogP contribution in [0, 0.1) is 0 Å². The molecule has 1 atom stereocenters. The normalized spacial score (nSPS) is 22.1. The van der Waals surface area contributed by atoms with E-state index in [1.54, 1.807) is 12.5 Å². The Hall–Kier alpha value is -0.840. The van der Waals surface area contributed by atoms with Crippen LogP contribution in [0.25, 0.3) is 0 Å². The zero-order chi connectivity index (χ0) is 10.5. The predicted molar refractivity (Wildman–Crippen MR) is 57.7 cm³/mol. The standard InChI is InChI=1S/C11H18N2O2/c1-13(6-10-2-4-14-8-10)7-11-9-15-5-3-12-11/h2,4,8,11-12H,3,5-7,9H2,1H3. The number of likely N-dealkylation sites (N-methyl/N-ethyl adjacent to an activating group) is 1. The monoisotopic (exact) mass is 210 g/mol. The first kappa shape index (κ1) is 10.7. The maximum absolute atomic E-state index is 5.41. The van der Waals surface area contributed by atoms with E-state index in [0.717, 1.165) is 32.8 Å². The molecule has 0 bridgehead atoms. The molecule has 1 aromatic heterocycles. The van der Waals surface area contributed by atoms with Gasteiger partial charge in [0.2, 0.25) is 0 Å². The fourth-order valence-electron chi connectivity index (χ4n) is 1.87. The molecule has 84 valence electrons. The number of nitrogens with one attached hydrogen (secondary N) is 1. The summed E-state index contributed by atoms with van der Waals surface area (Å²) in [5, 5.41) is 3.44. The average Bonchev–Trinajstić information content (AvgIpc) is 2.71. The summed E-state index contributed by atoms with van der Waals surface area (Å²) in [6.45, 7) is 4.54. The summed E-state index contributed by atoms with van der Waals surface area (Å²) < 4.78 is 10.4. The van der Waals surface area contributed by atoms with Gasteiger partial charge in [-0.15, -0.1) is 0 Å². The van der Waals surface area contributed by atoms with Crippen LogP contribution in [0.15, 0.2) is 23.0 Å². The minimum absolute atomic E-state index is 0.454. The largest absolute Gasteiger partial charge is 0.472 e. The zero-order valence-electron chi connectivity index (χ0n) is 9.11. The van der Waals surface area contributed by atoms with E-state index in [-0.39, 0.29) is 0 Å². The lowest BCUT2D eigenvalue weighted by Gasteiger charge is -2.27. The Bertz CT molecular complexity index is 268. The van der Waals surface area contributed by atoms with Crippen molar-refractivity contribution in [2.45, 2.75) is 12.6 Å². The highest BCUT2D eigenvalue weighted by Crippen LogP contribution is 2.05. The molecular formula is C11H18N2O2. The topological polar surface area (TPSA) is 37.6 Å². The van der Waals surface area contributed by atoms with Crippen molar-refractivity contribution in [3.05, 3.63) is 24.2 Å². The third-order valence-corrected chi connectivity index (χ3v) is 2.56. The van der Waals surface area contributed by atoms with Gasteiger partial charge in [-0.3, -0.25) is 0 Å². The van der Waals surface area contributed by atoms with Crippen molar-refractivity contribution in [3.8, 4) is 0 Å². The average molecular weight is 210 g/mol. The third kappa shape index (κ3) is 3.34. The number of rotatable bonds is 4. The Labute approximate surface area is 90.2 Å². The van der Waals surface area contributed by atoms with Gasteiger partial charge in [0.15, 0.2) is 0 Å². The second-order valence-electron chi connectivity index (χ2n) is 4.05. The molecule has 15 heavy (non-hydrogen) atoms. The Morgan fingerprint density at radius 2 is 2.53 bits per heavy atom. The lowest BCUT2D eigenvalue weighted by atomic mass is 10.2. The summed E-state index contributed by atoms with van der Waals surface area (Å²) in [6.07, 6.45) is 3.51. The van der Waals surface area contributed by atoms with Crippen LogP contribution in [0.1, 0.15) is 5.56 Å². The number of hydrogen-bond donors (Lipinski definition) is 1. The molecule has 1 aliphatic heterocycles. The van der Waals surface area contributed by atoms with Gasteiger partial charge in [0.25, 0.3) is 0 Å². The highest BCUT2D eigenvalue weighted by molar-refractivity contribution is 5.04. The summed E-state index contributed by atoms with van der Waals surface area (Å²) in [4.78, 5) is 2.28. The molecule has 0 radical (unpaired) electrons. The molecule has 0 aromatic carbocycles. The van der Waals surface area contributed by atoms with E-state index in [0.29, 0.717) is 6.04 Å². The SMILES string of the molecule is CN(Cc1ccoc1)CC1COCCN1. The molecule has 1 N–H and O–H groups in total. The van der Waals surface area contributed by atoms with Crippen molar-refractivity contribution in [2.75, 3.05) is 33.4 Å². The van der Waals surface area contributed by atoms with Crippen molar-refractivity contribution >= 4 is 0 Å². The van der Waals surface area contributed by atoms with Crippen LogP contribution in [0.4, 0.5) is 0 Å². The third-order valence-electron chi connectivity index (χ3n) is 2.56. The molecule has 1 saturated heterocycles. The summed E-state index contributed by atoms with van der Waals surface area (Å²) >= 11 is 0. The van der Waals surface area contributed by atoms with Gasteiger partial charge < -0.3 is 19.4 Å². The summed E-state index contributed by atoms with van der Waals surface area (Å²) in [5.41, 5.74) is 1.22. The molecule has 1 aromatic rings. The molecule has 1 unspecified atom stereocenters. The molecule has 2 heterocycles. The van der Waals surface area contributed by atoms with Crippen LogP contribution in [0.3, 0.4) is 0 Å². The lowest BCUT2D eigenvalue weighted by molar-refractivity contribution is 0.0645. The fourth-order valence-corrected chi connectivity index (χ4v) is 1.87. The predicted octanol–water partition coefficient (Wildman–Crippen LogP) is 0.700. The maximum atomic E-state index is 5.41. The van der Waals surface area contributed by atoms with Gasteiger partial charge in [-0.2, -0.15) is 0 Å². The molecule has 0 saturated carbocycles. The second-order valence-corrected chi connectivity index (χ2v) is 4.05. The minimum atomic E-state index is 0.454. The van der Waals surface area contributed by atoms with Crippen molar-refractivity contribution in [2.24, 2.45) is 0 Å². The van der Waals surface area contributed by atoms with Gasteiger partial charge in [-0.1, -0.05) is 0 Å². The van der Waals surface area contributed by atoms with Crippen LogP contribution in [-0.4, -0.2) is 44.3 Å². The van der Waals surface area contributed by atoms with Gasteiger partial charge in [0, 0.05) is 31.2 Å². The van der Waals surface area contributed by atoms with Gasteiger partial charge in [0.1, 0.15) is 0 Å². The van der Waals surface area contributed by atoms with Crippen molar-refractivity contribution in [3.63, 3.8) is 0 Å². The zero-order valence-corrected chi connectivity index (χ0v) is 9.11. The molecule has 1 aliphatic rings. The molecule has 0 amide bonds. The molecule has 1 fully saturated rings. The molecule has 4 nitrogen and oxygen atoms in total. The van der Waals surface area contributed by atoms with Crippen LogP contribution < -0.4 is 5.32 Å². The van der Waals surface area contributed by atoms with E-state index in [2.05, 4.69) is 17.3 Å². The summed E-state index contributed by atoms with van der Waals surface area (Å²) in [6, 6.07) is 2.46. The molecule has 0 aliphatic carbocycles. The smallest absolute Gasteiger partial charge is 0.0947 e. The number of morpholine rings is 1. The Morgan fingerprint density at radius 1 is 1.60 bits per heavy atom. The minimum Gasteiger partial charge on any atom is -0.472 e. The van der Waals surface area contributed by atoms with Crippen molar-refractivity contribution in [1.82, 2.24) is 10.2 Å². The highest BCUT2D eigenvalue weighted by Gasteiger charge is 2.15. The van der Waals surface area contributed by atoms with Crippen LogP contribution in [0.2, 0.25) is 0 Å². The molecule has 4 heteroatoms. The fraction of sp³-hybridized carbons (Fsp3) is 0.636. The van der Waals surface area contributed by atoms with Crippen LogP contribution >= 0.6 is 0 Å². The Morgan fingerprint density at radius 3 is 3.20 bits per heavy atom. The first-order chi connectivity index (χ1) is 7.34. The Balaban J connectivity index is 1.74. The van der Waals surface area contributed by atoms with E-state index in [9.17, 15) is 0 Å². The first-order valence-corrected chi connectivity index (χ1v) is 5.35. The second kappa shape index (κ2) is 5.30. The summed E-state index contributed by atoms with van der Waals surface area (Å²) in [7, 11) is 2.11. The van der Waals surface area contributed by atoms with Crippen LogP contribution in [-0.2, 0) is 11.3 Å². The molecule has 0 spiro atoms. The molecule has 2 rings (SSSR count). The van der Waals surface area contributed by atoms with E-state index in [1.807, 2.05) is 6.07 Å². The van der Waals surface area contributed by atoms with Crippen molar-refractivity contribution < 1.29 is 9.15 Å². The van der Waals surface area contributed by atoms with Crippen molar-refractivity contribution in [1.29, 1.82) is 0 Å². The van der Waals surface area contributed by atoms with E-state index in [4.69, 9.17) is 9.15 Å². The van der Waals surface area contributed by atoms with Crippen LogP contribution in [0.5, 0.6) is 0 Å². The highest BCUT2D eigenvalue weighted by atomic mass is 16.5. The van der Waals surface area contributed by atoms with Gasteiger partial charge >= 0.3 is 0 Å². The number of nitrogens with zero attached hydrogens (tertiary/aromatic N) is 1.